The summed E-state index contributed by atoms with van der Waals surface area (Å²) >= 11 is 3.13. The minimum Gasteiger partial charge on any atom is -0.383 e. The molecule has 4 rings (SSSR count). The van der Waals surface area contributed by atoms with Gasteiger partial charge in [0.2, 0.25) is 0 Å². The van der Waals surface area contributed by atoms with Crippen LogP contribution in [-0.4, -0.2) is 24.2 Å². The Morgan fingerprint density at radius 2 is 2.07 bits per heavy atom. The van der Waals surface area contributed by atoms with Crippen molar-refractivity contribution in [1.82, 2.24) is 4.57 Å². The molecule has 0 N–H and O–H groups in total. The Labute approximate surface area is 164 Å². The highest BCUT2D eigenvalue weighted by atomic mass is 32.1. The van der Waals surface area contributed by atoms with Gasteiger partial charge in [0.25, 0.3) is 5.91 Å². The minimum absolute atomic E-state index is 0.259. The molecular weight excluding hydrogens is 376 g/mol. The number of rotatable bonds is 5. The summed E-state index contributed by atoms with van der Waals surface area (Å²) in [5.74, 6) is -0.259. The van der Waals surface area contributed by atoms with Crippen LogP contribution in [0.5, 0.6) is 0 Å². The molecule has 0 aliphatic heterocycles. The smallest absolute Gasteiger partial charge is 0.272 e. The van der Waals surface area contributed by atoms with Crippen molar-refractivity contribution >= 4 is 55.6 Å². The zero-order valence-corrected chi connectivity index (χ0v) is 16.4. The Hall–Kier alpha value is -2.54. The summed E-state index contributed by atoms with van der Waals surface area (Å²) < 4.78 is 8.45. The molecule has 0 aliphatic rings. The molecule has 4 aromatic rings. The van der Waals surface area contributed by atoms with Crippen molar-refractivity contribution in [1.29, 1.82) is 0 Å². The van der Waals surface area contributed by atoms with Crippen molar-refractivity contribution in [2.75, 3.05) is 13.7 Å². The van der Waals surface area contributed by atoms with Gasteiger partial charge in [-0.05, 0) is 29.0 Å². The molecule has 0 spiro atoms. The molecule has 0 radical (unpaired) electrons. The molecule has 6 heteroatoms. The molecule has 0 bridgehead atoms. The number of aromatic nitrogens is 1. The third kappa shape index (κ3) is 3.78. The highest BCUT2D eigenvalue weighted by molar-refractivity contribution is 7.17. The summed E-state index contributed by atoms with van der Waals surface area (Å²) in [6.45, 7) is 1.21. The molecule has 2 heterocycles. The Morgan fingerprint density at radius 3 is 2.89 bits per heavy atom. The van der Waals surface area contributed by atoms with Crippen molar-refractivity contribution in [2.45, 2.75) is 6.54 Å². The van der Waals surface area contributed by atoms with E-state index >= 15 is 0 Å². The van der Waals surface area contributed by atoms with Crippen LogP contribution in [0.1, 0.15) is 4.88 Å². The van der Waals surface area contributed by atoms with Crippen LogP contribution >= 0.6 is 22.7 Å². The number of methoxy groups -OCH3 is 1. The summed E-state index contributed by atoms with van der Waals surface area (Å²) in [5.41, 5.74) is 1.07. The quantitative estimate of drug-likeness (QED) is 0.460. The van der Waals surface area contributed by atoms with Crippen LogP contribution in [0.15, 0.2) is 65.0 Å². The van der Waals surface area contributed by atoms with E-state index in [1.165, 1.54) is 16.8 Å². The van der Waals surface area contributed by atoms with E-state index < -0.39 is 0 Å². The number of thiazole rings is 1. The number of nitrogens with zero attached hydrogens (tertiary/aromatic N) is 2. The highest BCUT2D eigenvalue weighted by Crippen LogP contribution is 2.27. The van der Waals surface area contributed by atoms with E-state index in [9.17, 15) is 4.79 Å². The maximum Gasteiger partial charge on any atom is 0.272 e. The fraction of sp³-hybridized carbons (Fsp3) is 0.143. The van der Waals surface area contributed by atoms with Gasteiger partial charge in [-0.3, -0.25) is 4.79 Å². The zero-order valence-electron chi connectivity index (χ0n) is 14.8. The first-order valence-corrected chi connectivity index (χ1v) is 10.3. The van der Waals surface area contributed by atoms with E-state index in [-0.39, 0.29) is 5.91 Å². The lowest BCUT2D eigenvalue weighted by Gasteiger charge is -2.05. The monoisotopic (exact) mass is 394 g/mol. The molecule has 0 aliphatic carbocycles. The number of carbonyl (C=O) groups excluding carboxylic acids is 1. The van der Waals surface area contributed by atoms with Gasteiger partial charge in [-0.2, -0.15) is 4.99 Å². The van der Waals surface area contributed by atoms with Crippen molar-refractivity contribution in [2.24, 2.45) is 4.99 Å². The lowest BCUT2D eigenvalue weighted by atomic mass is 10.1. The summed E-state index contributed by atoms with van der Waals surface area (Å²) in [6, 6.07) is 16.4. The minimum atomic E-state index is -0.259. The number of thiophene rings is 1. The second-order valence-corrected chi connectivity index (χ2v) is 7.92. The molecule has 136 valence electrons. The second-order valence-electron chi connectivity index (χ2n) is 5.96. The molecule has 0 fully saturated rings. The summed E-state index contributed by atoms with van der Waals surface area (Å²) in [7, 11) is 1.68. The first-order valence-electron chi connectivity index (χ1n) is 8.56. The molecule has 0 unspecified atom stereocenters. The average molecular weight is 395 g/mol. The number of ether oxygens (including phenoxy) is 1. The van der Waals surface area contributed by atoms with Crippen LogP contribution in [0.25, 0.3) is 27.1 Å². The van der Waals surface area contributed by atoms with Gasteiger partial charge in [0.1, 0.15) is 0 Å². The summed E-state index contributed by atoms with van der Waals surface area (Å²) in [4.78, 5) is 18.5. The number of hydrogen-bond donors (Lipinski definition) is 0. The van der Waals surface area contributed by atoms with E-state index in [4.69, 9.17) is 4.74 Å². The predicted octanol–water partition coefficient (Wildman–Crippen LogP) is 4.70. The Bertz CT molecular complexity index is 1180. The molecule has 1 amide bonds. The molecule has 0 atom stereocenters. The predicted molar refractivity (Wildman–Crippen MR) is 113 cm³/mol. The maximum absolute atomic E-state index is 12.4. The lowest BCUT2D eigenvalue weighted by molar-refractivity contribution is -0.113. The van der Waals surface area contributed by atoms with Crippen molar-refractivity contribution in [3.8, 4) is 0 Å². The SMILES string of the molecule is COCCn1c(=NC(=O)/C=C/c2cccs2)sc2c3ccccc3ccc21. The third-order valence-corrected chi connectivity index (χ3v) is 6.20. The molecule has 27 heavy (non-hydrogen) atoms. The van der Waals surface area contributed by atoms with E-state index in [1.54, 1.807) is 35.9 Å². The number of fused-ring (bicyclic) bond motifs is 3. The van der Waals surface area contributed by atoms with Gasteiger partial charge in [0.05, 0.1) is 16.8 Å². The van der Waals surface area contributed by atoms with Crippen molar-refractivity contribution in [3.05, 3.63) is 69.7 Å². The standard InChI is InChI=1S/C21H18N2O2S2/c1-25-13-12-23-18-10-8-15-5-2-3-7-17(15)20(18)27-21(23)22-19(24)11-9-16-6-4-14-26-16/h2-11,14H,12-13H2,1H3/b11-9+,22-21?. The average Bonchev–Trinajstić information content (AvgIpc) is 3.32. The zero-order chi connectivity index (χ0) is 18.6. The normalized spacial score (nSPS) is 12.6. The Kier molecular flexibility index (Phi) is 5.29. The van der Waals surface area contributed by atoms with Crippen LogP contribution in [-0.2, 0) is 16.1 Å². The van der Waals surface area contributed by atoms with Crippen LogP contribution in [0.3, 0.4) is 0 Å². The number of carbonyl (C=O) groups is 1. The van der Waals surface area contributed by atoms with E-state index in [1.807, 2.05) is 29.6 Å². The number of hydrogen-bond acceptors (Lipinski definition) is 4. The Morgan fingerprint density at radius 1 is 1.19 bits per heavy atom. The summed E-state index contributed by atoms with van der Waals surface area (Å²) in [5, 5.41) is 4.34. The van der Waals surface area contributed by atoms with E-state index in [2.05, 4.69) is 33.8 Å². The largest absolute Gasteiger partial charge is 0.383 e. The number of benzene rings is 2. The van der Waals surface area contributed by atoms with Gasteiger partial charge >= 0.3 is 0 Å². The van der Waals surface area contributed by atoms with Gasteiger partial charge in [-0.15, -0.1) is 11.3 Å². The maximum atomic E-state index is 12.4. The molecule has 2 aromatic carbocycles. The van der Waals surface area contributed by atoms with E-state index in [0.29, 0.717) is 18.0 Å². The van der Waals surface area contributed by atoms with Crippen molar-refractivity contribution < 1.29 is 9.53 Å². The lowest BCUT2D eigenvalue weighted by Crippen LogP contribution is -2.18. The molecule has 0 saturated heterocycles. The van der Waals surface area contributed by atoms with Crippen LogP contribution in [0.4, 0.5) is 0 Å². The van der Waals surface area contributed by atoms with Crippen LogP contribution in [0, 0.1) is 0 Å². The first kappa shape index (κ1) is 17.9. The van der Waals surface area contributed by atoms with Crippen LogP contribution in [0.2, 0.25) is 0 Å². The third-order valence-electron chi connectivity index (χ3n) is 4.23. The van der Waals surface area contributed by atoms with Crippen molar-refractivity contribution in [3.63, 3.8) is 0 Å². The van der Waals surface area contributed by atoms with Gasteiger partial charge in [0, 0.05) is 30.0 Å². The topological polar surface area (TPSA) is 43.6 Å². The van der Waals surface area contributed by atoms with Gasteiger partial charge < -0.3 is 9.30 Å². The van der Waals surface area contributed by atoms with Gasteiger partial charge in [0.15, 0.2) is 4.80 Å². The molecule has 4 nitrogen and oxygen atoms in total. The molecule has 0 saturated carbocycles. The van der Waals surface area contributed by atoms with Crippen LogP contribution < -0.4 is 4.80 Å². The fourth-order valence-corrected chi connectivity index (χ4v) is 4.77. The molecular formula is C21H18N2O2S2. The fourth-order valence-electron chi connectivity index (χ4n) is 2.95. The highest BCUT2D eigenvalue weighted by Gasteiger charge is 2.10. The summed E-state index contributed by atoms with van der Waals surface area (Å²) in [6.07, 6.45) is 3.33. The second kappa shape index (κ2) is 8.00. The molecule has 2 aromatic heterocycles. The Balaban J connectivity index is 1.82. The van der Waals surface area contributed by atoms with Gasteiger partial charge in [-0.25, -0.2) is 0 Å². The number of amides is 1. The van der Waals surface area contributed by atoms with Gasteiger partial charge in [-0.1, -0.05) is 47.7 Å². The van der Waals surface area contributed by atoms with E-state index in [0.717, 1.165) is 15.1 Å². The first-order chi connectivity index (χ1) is 13.3.